The third kappa shape index (κ3) is 4.12. The zero-order valence-corrected chi connectivity index (χ0v) is 9.34. The largest absolute Gasteiger partial charge is 0.509 e. The molecule has 1 atom stereocenters. The molecule has 0 heterocycles. The number of rotatable bonds is 5. The molecule has 1 N–H and O–H groups in total. The monoisotopic (exact) mass is 258 g/mol. The molecule has 0 aromatic rings. The topological polar surface area (TPSA) is 72.8 Å². The third-order valence-electron chi connectivity index (χ3n) is 1.95. The molecule has 1 unspecified atom stereocenters. The Morgan fingerprint density at radius 1 is 1.29 bits per heavy atom. The van der Waals surface area contributed by atoms with Crippen LogP contribution in [0.2, 0.25) is 0 Å². The summed E-state index contributed by atoms with van der Waals surface area (Å²) in [4.78, 5) is 21.4. The van der Waals surface area contributed by atoms with Crippen LogP contribution in [-0.4, -0.2) is 35.6 Å². The molecule has 0 rings (SSSR count). The lowest BCUT2D eigenvalue weighted by atomic mass is 10.1. The zero-order valence-electron chi connectivity index (χ0n) is 9.34. The number of hydrogen-bond donors (Lipinski definition) is 1. The van der Waals surface area contributed by atoms with Gasteiger partial charge < -0.3 is 14.6 Å². The van der Waals surface area contributed by atoms with E-state index >= 15 is 0 Å². The number of halogens is 3. The number of unbranched alkanes of at least 4 members (excludes halogenated alkanes) is 1. The fraction of sp³-hybridized carbons (Fsp3) is 0.778. The van der Waals surface area contributed by atoms with Gasteiger partial charge in [0, 0.05) is 0 Å². The summed E-state index contributed by atoms with van der Waals surface area (Å²) < 4.78 is 45.3. The Kier molecular flexibility index (Phi) is 5.24. The number of hydrogen-bond acceptors (Lipinski definition) is 4. The molecule has 0 aliphatic rings. The van der Waals surface area contributed by atoms with E-state index in [0.29, 0.717) is 12.8 Å². The first-order valence-corrected chi connectivity index (χ1v) is 4.81. The van der Waals surface area contributed by atoms with Gasteiger partial charge >= 0.3 is 23.9 Å². The number of carboxylic acids is 1. The van der Waals surface area contributed by atoms with Crippen molar-refractivity contribution in [2.75, 3.05) is 6.61 Å². The van der Waals surface area contributed by atoms with E-state index in [1.807, 2.05) is 0 Å². The summed E-state index contributed by atoms with van der Waals surface area (Å²) in [7, 11) is 0. The lowest BCUT2D eigenvalue weighted by Crippen LogP contribution is -2.52. The quantitative estimate of drug-likeness (QED) is 0.605. The number of aliphatic carboxylic acids is 1. The summed E-state index contributed by atoms with van der Waals surface area (Å²) in [5.41, 5.74) is -3.60. The average Bonchev–Trinajstić information content (AvgIpc) is 2.15. The molecule has 0 aromatic carbocycles. The Morgan fingerprint density at radius 2 is 1.82 bits per heavy atom. The lowest BCUT2D eigenvalue weighted by molar-refractivity contribution is -0.257. The van der Waals surface area contributed by atoms with Crippen LogP contribution in [0.25, 0.3) is 0 Å². The number of carbonyl (C=O) groups is 2. The molecule has 5 nitrogen and oxygen atoms in total. The van der Waals surface area contributed by atoms with E-state index in [1.165, 1.54) is 0 Å². The SMILES string of the molecule is CCCCOC(=O)OC(C)(C(=O)O)C(F)(F)F. The first-order valence-electron chi connectivity index (χ1n) is 4.81. The van der Waals surface area contributed by atoms with Crippen LogP contribution in [0.5, 0.6) is 0 Å². The fourth-order valence-electron chi connectivity index (χ4n) is 0.719. The van der Waals surface area contributed by atoms with Gasteiger partial charge in [-0.05, 0) is 13.3 Å². The minimum Gasteiger partial charge on any atom is -0.478 e. The van der Waals surface area contributed by atoms with Gasteiger partial charge in [-0.3, -0.25) is 0 Å². The van der Waals surface area contributed by atoms with Crippen LogP contribution in [0.4, 0.5) is 18.0 Å². The number of ether oxygens (including phenoxy) is 2. The number of alkyl halides is 3. The normalized spacial score (nSPS) is 14.9. The van der Waals surface area contributed by atoms with Gasteiger partial charge in [0.25, 0.3) is 0 Å². The van der Waals surface area contributed by atoms with E-state index in [-0.39, 0.29) is 13.5 Å². The molecule has 100 valence electrons. The van der Waals surface area contributed by atoms with Crippen molar-refractivity contribution in [3.05, 3.63) is 0 Å². The summed E-state index contributed by atoms with van der Waals surface area (Å²) in [6.07, 6.45) is -5.75. The highest BCUT2D eigenvalue weighted by atomic mass is 19.4. The highest BCUT2D eigenvalue weighted by molar-refractivity contribution is 5.80. The van der Waals surface area contributed by atoms with E-state index in [1.54, 1.807) is 6.92 Å². The maximum Gasteiger partial charge on any atom is 0.509 e. The minimum atomic E-state index is -5.22. The standard InChI is InChI=1S/C9H13F3O5/c1-3-4-5-16-7(15)17-8(2,6(13)14)9(10,11)12/h3-5H2,1-2H3,(H,13,14). The molecular weight excluding hydrogens is 245 g/mol. The van der Waals surface area contributed by atoms with Gasteiger partial charge in [0.2, 0.25) is 0 Å². The second-order valence-electron chi connectivity index (χ2n) is 3.39. The highest BCUT2D eigenvalue weighted by Gasteiger charge is 2.61. The predicted molar refractivity (Wildman–Crippen MR) is 49.4 cm³/mol. The molecule has 0 radical (unpaired) electrons. The van der Waals surface area contributed by atoms with E-state index in [0.717, 1.165) is 0 Å². The highest BCUT2D eigenvalue weighted by Crippen LogP contribution is 2.34. The first-order chi connectivity index (χ1) is 7.65. The van der Waals surface area contributed by atoms with Gasteiger partial charge in [0.15, 0.2) is 0 Å². The number of carboxylic acid groups (broad SMARTS) is 1. The van der Waals surface area contributed by atoms with Crippen molar-refractivity contribution >= 4 is 12.1 Å². The molecule has 0 spiro atoms. The molecule has 0 aliphatic carbocycles. The molecule has 17 heavy (non-hydrogen) atoms. The van der Waals surface area contributed by atoms with Crippen molar-refractivity contribution < 1.29 is 37.3 Å². The summed E-state index contributed by atoms with van der Waals surface area (Å²) in [5, 5.41) is 8.44. The average molecular weight is 258 g/mol. The van der Waals surface area contributed by atoms with E-state index < -0.39 is 23.9 Å². The van der Waals surface area contributed by atoms with Crippen LogP contribution in [0.15, 0.2) is 0 Å². The Balaban J connectivity index is 4.58. The lowest BCUT2D eigenvalue weighted by Gasteiger charge is -2.26. The van der Waals surface area contributed by atoms with Crippen LogP contribution in [-0.2, 0) is 14.3 Å². The Labute approximate surface area is 95.5 Å². The predicted octanol–water partition coefficient (Wildman–Crippen LogP) is 2.35. The molecule has 0 aliphatic heterocycles. The second kappa shape index (κ2) is 5.74. The van der Waals surface area contributed by atoms with Crippen LogP contribution < -0.4 is 0 Å². The van der Waals surface area contributed by atoms with E-state index in [2.05, 4.69) is 9.47 Å². The third-order valence-corrected chi connectivity index (χ3v) is 1.95. The fourth-order valence-corrected chi connectivity index (χ4v) is 0.719. The van der Waals surface area contributed by atoms with Gasteiger partial charge in [0.05, 0.1) is 6.61 Å². The van der Waals surface area contributed by atoms with Crippen molar-refractivity contribution in [3.8, 4) is 0 Å². The van der Waals surface area contributed by atoms with Crippen molar-refractivity contribution in [3.63, 3.8) is 0 Å². The van der Waals surface area contributed by atoms with Gasteiger partial charge in [-0.15, -0.1) is 0 Å². The summed E-state index contributed by atoms with van der Waals surface area (Å²) in [5.74, 6) is -2.31. The van der Waals surface area contributed by atoms with Crippen molar-refractivity contribution in [1.29, 1.82) is 0 Å². The molecule has 0 saturated heterocycles. The molecule has 0 saturated carbocycles. The minimum absolute atomic E-state index is 0.122. The van der Waals surface area contributed by atoms with Crippen molar-refractivity contribution in [2.24, 2.45) is 0 Å². The van der Waals surface area contributed by atoms with Crippen LogP contribution in [0.3, 0.4) is 0 Å². The van der Waals surface area contributed by atoms with Crippen LogP contribution in [0.1, 0.15) is 26.7 Å². The second-order valence-corrected chi connectivity index (χ2v) is 3.39. The molecular formula is C9H13F3O5. The molecule has 8 heteroatoms. The van der Waals surface area contributed by atoms with Crippen LogP contribution >= 0.6 is 0 Å². The maximum atomic E-state index is 12.4. The van der Waals surface area contributed by atoms with Crippen molar-refractivity contribution in [2.45, 2.75) is 38.5 Å². The zero-order chi connectivity index (χ0) is 13.7. The van der Waals surface area contributed by atoms with Crippen molar-refractivity contribution in [1.82, 2.24) is 0 Å². The van der Waals surface area contributed by atoms with Gasteiger partial charge in [0.1, 0.15) is 0 Å². The maximum absolute atomic E-state index is 12.4. The Morgan fingerprint density at radius 3 is 2.18 bits per heavy atom. The Hall–Kier alpha value is -1.47. The van der Waals surface area contributed by atoms with Gasteiger partial charge in [-0.1, -0.05) is 13.3 Å². The molecule has 0 amide bonds. The summed E-state index contributed by atoms with van der Waals surface area (Å²) >= 11 is 0. The molecule has 0 fully saturated rings. The smallest absolute Gasteiger partial charge is 0.478 e. The van der Waals surface area contributed by atoms with Gasteiger partial charge in [-0.25, -0.2) is 9.59 Å². The number of carbonyl (C=O) groups excluding carboxylic acids is 1. The van der Waals surface area contributed by atoms with E-state index in [4.69, 9.17) is 5.11 Å². The van der Waals surface area contributed by atoms with E-state index in [9.17, 15) is 22.8 Å². The summed E-state index contributed by atoms with van der Waals surface area (Å²) in [6, 6.07) is 0. The molecule has 0 aromatic heterocycles. The Bertz CT molecular complexity index is 289. The first kappa shape index (κ1) is 15.5. The molecule has 0 bridgehead atoms. The summed E-state index contributed by atoms with van der Waals surface area (Å²) in [6.45, 7) is 1.91. The van der Waals surface area contributed by atoms with Crippen LogP contribution in [0, 0.1) is 0 Å². The van der Waals surface area contributed by atoms with Gasteiger partial charge in [-0.2, -0.15) is 13.2 Å².